The van der Waals surface area contributed by atoms with Crippen molar-refractivity contribution >= 4 is 0 Å². The van der Waals surface area contributed by atoms with E-state index >= 15 is 0 Å². The van der Waals surface area contributed by atoms with Crippen LogP contribution in [0, 0.1) is 0 Å². The fourth-order valence-electron chi connectivity index (χ4n) is 2.97. The van der Waals surface area contributed by atoms with Crippen LogP contribution in [-0.4, -0.2) is 28.7 Å². The van der Waals surface area contributed by atoms with Crippen LogP contribution >= 0.6 is 0 Å². The first-order valence-electron chi connectivity index (χ1n) is 8.11. The standard InChI is InChI=1S/C16H29N3O/c1-4-19(15-8-6-5-7-9-15)12-16-10-14(18-20-16)11-17-13(2)3/h10,13,15,17H,4-9,11-12H2,1-3H3. The van der Waals surface area contributed by atoms with E-state index in [4.69, 9.17) is 4.52 Å². The summed E-state index contributed by atoms with van der Waals surface area (Å²) in [5.41, 5.74) is 1.01. The van der Waals surface area contributed by atoms with Crippen LogP contribution < -0.4 is 5.32 Å². The Labute approximate surface area is 122 Å². The molecule has 0 radical (unpaired) electrons. The number of aromatic nitrogens is 1. The van der Waals surface area contributed by atoms with Crippen molar-refractivity contribution < 1.29 is 4.52 Å². The van der Waals surface area contributed by atoms with Gasteiger partial charge in [0.05, 0.1) is 12.2 Å². The van der Waals surface area contributed by atoms with Crippen LogP contribution in [0.1, 0.15) is 64.3 Å². The van der Waals surface area contributed by atoms with Crippen LogP contribution in [0.25, 0.3) is 0 Å². The minimum absolute atomic E-state index is 0.476. The van der Waals surface area contributed by atoms with Gasteiger partial charge in [0.25, 0.3) is 0 Å². The first-order valence-corrected chi connectivity index (χ1v) is 8.11. The summed E-state index contributed by atoms with van der Waals surface area (Å²) in [6.45, 7) is 9.30. The molecule has 1 N–H and O–H groups in total. The molecule has 1 heterocycles. The average Bonchev–Trinajstić information content (AvgIpc) is 2.91. The van der Waals surface area contributed by atoms with Gasteiger partial charge in [0.2, 0.25) is 0 Å². The molecule has 4 heteroatoms. The SMILES string of the molecule is CCN(Cc1cc(CNC(C)C)no1)C1CCCCC1. The van der Waals surface area contributed by atoms with Crippen molar-refractivity contribution in [3.05, 3.63) is 17.5 Å². The number of hydrogen-bond acceptors (Lipinski definition) is 4. The molecule has 1 aliphatic rings. The van der Waals surface area contributed by atoms with Gasteiger partial charge in [0.15, 0.2) is 5.76 Å². The van der Waals surface area contributed by atoms with Crippen molar-refractivity contribution in [2.45, 2.75) is 78.0 Å². The quantitative estimate of drug-likeness (QED) is 0.831. The van der Waals surface area contributed by atoms with Crippen LogP contribution in [-0.2, 0) is 13.1 Å². The third kappa shape index (κ3) is 4.60. The summed E-state index contributed by atoms with van der Waals surface area (Å²) in [7, 11) is 0. The second-order valence-corrected chi connectivity index (χ2v) is 6.18. The van der Waals surface area contributed by atoms with Gasteiger partial charge < -0.3 is 9.84 Å². The van der Waals surface area contributed by atoms with Crippen LogP contribution in [0.2, 0.25) is 0 Å². The first-order chi connectivity index (χ1) is 9.69. The molecule has 1 aromatic rings. The van der Waals surface area contributed by atoms with E-state index in [0.717, 1.165) is 37.1 Å². The summed E-state index contributed by atoms with van der Waals surface area (Å²) in [5.74, 6) is 0.998. The Morgan fingerprint density at radius 1 is 1.35 bits per heavy atom. The van der Waals surface area contributed by atoms with E-state index in [1.165, 1.54) is 32.1 Å². The lowest BCUT2D eigenvalue weighted by Gasteiger charge is -2.32. The Balaban J connectivity index is 1.87. The predicted octanol–water partition coefficient (Wildman–Crippen LogP) is 3.33. The van der Waals surface area contributed by atoms with E-state index in [2.05, 4.69) is 42.2 Å². The molecule has 1 aliphatic carbocycles. The Morgan fingerprint density at radius 2 is 2.10 bits per heavy atom. The second kappa shape index (κ2) is 7.79. The lowest BCUT2D eigenvalue weighted by Crippen LogP contribution is -2.35. The van der Waals surface area contributed by atoms with Crippen molar-refractivity contribution in [3.63, 3.8) is 0 Å². The lowest BCUT2D eigenvalue weighted by molar-refractivity contribution is 0.141. The summed E-state index contributed by atoms with van der Waals surface area (Å²) < 4.78 is 5.49. The van der Waals surface area contributed by atoms with Crippen LogP contribution in [0.4, 0.5) is 0 Å². The molecule has 0 saturated heterocycles. The number of hydrogen-bond donors (Lipinski definition) is 1. The molecule has 2 rings (SSSR count). The zero-order chi connectivity index (χ0) is 14.4. The Kier molecular flexibility index (Phi) is 6.05. The molecule has 1 fully saturated rings. The fraction of sp³-hybridized carbons (Fsp3) is 0.812. The van der Waals surface area contributed by atoms with Gasteiger partial charge in [-0.1, -0.05) is 45.2 Å². The number of rotatable bonds is 7. The lowest BCUT2D eigenvalue weighted by atomic mass is 9.94. The Morgan fingerprint density at radius 3 is 2.75 bits per heavy atom. The van der Waals surface area contributed by atoms with Gasteiger partial charge in [-0.15, -0.1) is 0 Å². The van der Waals surface area contributed by atoms with Crippen molar-refractivity contribution in [2.24, 2.45) is 0 Å². The van der Waals surface area contributed by atoms with Crippen molar-refractivity contribution in [2.75, 3.05) is 6.54 Å². The number of nitrogens with one attached hydrogen (secondary N) is 1. The highest BCUT2D eigenvalue weighted by Crippen LogP contribution is 2.24. The maximum absolute atomic E-state index is 5.49. The molecule has 20 heavy (non-hydrogen) atoms. The van der Waals surface area contributed by atoms with E-state index < -0.39 is 0 Å². The first kappa shape index (κ1) is 15.5. The Bertz CT molecular complexity index is 383. The molecule has 0 spiro atoms. The molecule has 4 nitrogen and oxygen atoms in total. The largest absolute Gasteiger partial charge is 0.360 e. The second-order valence-electron chi connectivity index (χ2n) is 6.18. The summed E-state index contributed by atoms with van der Waals surface area (Å²) in [4.78, 5) is 2.54. The molecule has 114 valence electrons. The van der Waals surface area contributed by atoms with E-state index in [9.17, 15) is 0 Å². The molecular weight excluding hydrogens is 250 g/mol. The molecule has 0 unspecified atom stereocenters. The normalized spacial score (nSPS) is 17.2. The van der Waals surface area contributed by atoms with Gasteiger partial charge >= 0.3 is 0 Å². The third-order valence-electron chi connectivity index (χ3n) is 4.16. The molecular formula is C16H29N3O. The highest BCUT2D eigenvalue weighted by molar-refractivity contribution is 5.05. The molecule has 0 aromatic carbocycles. The summed E-state index contributed by atoms with van der Waals surface area (Å²) in [6, 6.07) is 3.31. The van der Waals surface area contributed by atoms with Gasteiger partial charge in [0, 0.05) is 24.7 Å². The van der Waals surface area contributed by atoms with Crippen molar-refractivity contribution in [1.29, 1.82) is 0 Å². The maximum Gasteiger partial charge on any atom is 0.151 e. The molecule has 0 bridgehead atoms. The maximum atomic E-state index is 5.49. The summed E-state index contributed by atoms with van der Waals surface area (Å²) in [5, 5.41) is 7.53. The van der Waals surface area contributed by atoms with E-state index in [1.807, 2.05) is 0 Å². The van der Waals surface area contributed by atoms with Gasteiger partial charge in [-0.2, -0.15) is 0 Å². The topological polar surface area (TPSA) is 41.3 Å². The van der Waals surface area contributed by atoms with E-state index in [1.54, 1.807) is 0 Å². The average molecular weight is 279 g/mol. The summed E-state index contributed by atoms with van der Waals surface area (Å²) in [6.07, 6.45) is 6.83. The van der Waals surface area contributed by atoms with Crippen molar-refractivity contribution in [1.82, 2.24) is 15.4 Å². The van der Waals surface area contributed by atoms with Crippen LogP contribution in [0.5, 0.6) is 0 Å². The van der Waals surface area contributed by atoms with E-state index in [-0.39, 0.29) is 0 Å². The fourth-order valence-corrected chi connectivity index (χ4v) is 2.97. The minimum Gasteiger partial charge on any atom is -0.360 e. The van der Waals surface area contributed by atoms with Gasteiger partial charge in [-0.25, -0.2) is 0 Å². The Hall–Kier alpha value is -0.870. The van der Waals surface area contributed by atoms with Gasteiger partial charge in [-0.05, 0) is 19.4 Å². The third-order valence-corrected chi connectivity index (χ3v) is 4.16. The highest BCUT2D eigenvalue weighted by Gasteiger charge is 2.21. The zero-order valence-electron chi connectivity index (χ0n) is 13.2. The molecule has 1 aromatic heterocycles. The van der Waals surface area contributed by atoms with Crippen LogP contribution in [0.15, 0.2) is 10.6 Å². The predicted molar refractivity (Wildman–Crippen MR) is 81.4 cm³/mol. The molecule has 0 aliphatic heterocycles. The summed E-state index contributed by atoms with van der Waals surface area (Å²) >= 11 is 0. The monoisotopic (exact) mass is 279 g/mol. The van der Waals surface area contributed by atoms with Crippen molar-refractivity contribution in [3.8, 4) is 0 Å². The molecule has 0 amide bonds. The molecule has 0 atom stereocenters. The van der Waals surface area contributed by atoms with E-state index in [0.29, 0.717) is 6.04 Å². The molecule has 1 saturated carbocycles. The zero-order valence-corrected chi connectivity index (χ0v) is 13.2. The van der Waals surface area contributed by atoms with Gasteiger partial charge in [0.1, 0.15) is 0 Å². The smallest absolute Gasteiger partial charge is 0.151 e. The minimum atomic E-state index is 0.476. The van der Waals surface area contributed by atoms with Gasteiger partial charge in [-0.3, -0.25) is 4.90 Å². The van der Waals surface area contributed by atoms with Crippen LogP contribution in [0.3, 0.4) is 0 Å². The highest BCUT2D eigenvalue weighted by atomic mass is 16.5. The number of nitrogens with zero attached hydrogens (tertiary/aromatic N) is 2.